The first-order valence-electron chi connectivity index (χ1n) is 3.66. The van der Waals surface area contributed by atoms with Crippen LogP contribution in [0.1, 0.15) is 19.3 Å². The Bertz CT molecular complexity index is 209. The van der Waals surface area contributed by atoms with Crippen molar-refractivity contribution in [1.82, 2.24) is 0 Å². The lowest BCUT2D eigenvalue weighted by Crippen LogP contribution is -2.33. The largest absolute Gasteiger partial charge is 0.459 e. The minimum absolute atomic E-state index is 0.165. The molecule has 0 aromatic heterocycles. The summed E-state index contributed by atoms with van der Waals surface area (Å²) in [5, 5.41) is 0. The van der Waals surface area contributed by atoms with Gasteiger partial charge in [0, 0.05) is 10.3 Å². The predicted molar refractivity (Wildman–Crippen MR) is 45.4 cm³/mol. The van der Waals surface area contributed by atoms with E-state index >= 15 is 0 Å². The Morgan fingerprint density at radius 1 is 1.73 bits per heavy atom. The van der Waals surface area contributed by atoms with Gasteiger partial charge in [0.2, 0.25) is 5.67 Å². The first-order chi connectivity index (χ1) is 5.12. The third-order valence-corrected chi connectivity index (χ3v) is 3.79. The monoisotopic (exact) mass is 270 g/mol. The minimum Gasteiger partial charge on any atom is -0.459 e. The summed E-state index contributed by atoms with van der Waals surface area (Å²) in [6.45, 7) is 0. The van der Waals surface area contributed by atoms with Gasteiger partial charge in [-0.3, -0.25) is 0 Å². The Labute approximate surface area is 77.6 Å². The Balaban J connectivity index is 2.24. The topological polar surface area (TPSA) is 26.3 Å². The summed E-state index contributed by atoms with van der Waals surface area (Å²) in [5.41, 5.74) is -1.63. The van der Waals surface area contributed by atoms with Gasteiger partial charge in [0.05, 0.1) is 0 Å². The molecule has 0 radical (unpaired) electrons. The van der Waals surface area contributed by atoms with Gasteiger partial charge in [-0.25, -0.2) is 9.18 Å². The van der Waals surface area contributed by atoms with Gasteiger partial charge >= 0.3 is 5.97 Å². The van der Waals surface area contributed by atoms with Gasteiger partial charge in [0.15, 0.2) is 0 Å². The fraction of sp³-hybridized carbons (Fsp3) is 0.857. The van der Waals surface area contributed by atoms with E-state index in [0.29, 0.717) is 10.3 Å². The third kappa shape index (κ3) is 1.06. The lowest BCUT2D eigenvalue weighted by atomic mass is 9.88. The Morgan fingerprint density at radius 2 is 2.45 bits per heavy atom. The lowest BCUT2D eigenvalue weighted by molar-refractivity contribution is -0.148. The summed E-state index contributed by atoms with van der Waals surface area (Å²) < 4.78 is 18.6. The van der Waals surface area contributed by atoms with Crippen LogP contribution in [0.4, 0.5) is 4.39 Å². The van der Waals surface area contributed by atoms with Crippen LogP contribution in [0.3, 0.4) is 0 Å². The number of halogens is 2. The summed E-state index contributed by atoms with van der Waals surface area (Å²) in [6.07, 6.45) is 1.21. The molecule has 1 heterocycles. The molecule has 0 amide bonds. The van der Waals surface area contributed by atoms with E-state index in [-0.39, 0.29) is 12.5 Å². The van der Waals surface area contributed by atoms with Gasteiger partial charge in [-0.05, 0) is 12.8 Å². The zero-order valence-electron chi connectivity index (χ0n) is 5.85. The molecule has 3 atom stereocenters. The van der Waals surface area contributed by atoms with Crippen LogP contribution in [0.15, 0.2) is 0 Å². The van der Waals surface area contributed by atoms with Crippen LogP contribution in [0.5, 0.6) is 0 Å². The van der Waals surface area contributed by atoms with Crippen molar-refractivity contribution in [1.29, 1.82) is 0 Å². The number of rotatable bonds is 0. The zero-order chi connectivity index (χ0) is 8.06. The average Bonchev–Trinajstić information content (AvgIpc) is 2.20. The number of hydrogen-bond acceptors (Lipinski definition) is 2. The summed E-state index contributed by atoms with van der Waals surface area (Å²) in [5.74, 6) is -0.637. The molecule has 0 spiro atoms. The van der Waals surface area contributed by atoms with Crippen molar-refractivity contribution in [3.8, 4) is 0 Å². The zero-order valence-corrected chi connectivity index (χ0v) is 8.01. The van der Waals surface area contributed by atoms with Gasteiger partial charge in [0.25, 0.3) is 0 Å². The summed E-state index contributed by atoms with van der Waals surface area (Å²) in [6, 6.07) is 0. The molecule has 1 aliphatic carbocycles. The molecule has 0 aromatic rings. The van der Waals surface area contributed by atoms with E-state index in [1.807, 2.05) is 0 Å². The molecule has 2 nitrogen and oxygen atoms in total. The van der Waals surface area contributed by atoms with Crippen molar-refractivity contribution in [3.63, 3.8) is 0 Å². The summed E-state index contributed by atoms with van der Waals surface area (Å²) >= 11 is 2.22. The molecule has 4 heteroatoms. The molecule has 2 rings (SSSR count). The second kappa shape index (κ2) is 2.31. The predicted octanol–water partition coefficient (Wildman–Crippen LogP) is 1.61. The number of alkyl halides is 2. The molecule has 2 bridgehead atoms. The molecule has 1 unspecified atom stereocenters. The molecule has 0 aromatic carbocycles. The molecule has 1 aliphatic heterocycles. The standard InChI is InChI=1S/C7H8FIO2/c8-7-2-1-4(9)5(3-7)11-6(7)10/h4-5H,1-3H2/t4-,5-,7?/m0/s1. The van der Waals surface area contributed by atoms with E-state index in [4.69, 9.17) is 4.74 Å². The van der Waals surface area contributed by atoms with Gasteiger partial charge < -0.3 is 4.74 Å². The molecule has 11 heavy (non-hydrogen) atoms. The quantitative estimate of drug-likeness (QED) is 0.380. The second-order valence-electron chi connectivity index (χ2n) is 3.17. The van der Waals surface area contributed by atoms with Gasteiger partial charge in [-0.1, -0.05) is 22.6 Å². The highest BCUT2D eigenvalue weighted by atomic mass is 127. The van der Waals surface area contributed by atoms with Crippen molar-refractivity contribution in [2.45, 2.75) is 35.0 Å². The molecule has 1 saturated carbocycles. The minimum atomic E-state index is -1.63. The van der Waals surface area contributed by atoms with Crippen molar-refractivity contribution in [3.05, 3.63) is 0 Å². The molecule has 2 aliphatic rings. The van der Waals surface area contributed by atoms with Gasteiger partial charge in [-0.2, -0.15) is 0 Å². The fourth-order valence-electron chi connectivity index (χ4n) is 1.65. The van der Waals surface area contributed by atoms with Crippen molar-refractivity contribution >= 4 is 28.6 Å². The molecule has 62 valence electrons. The first-order valence-corrected chi connectivity index (χ1v) is 4.90. The normalized spacial score (nSPS) is 49.1. The number of ether oxygens (including phenoxy) is 1. The van der Waals surface area contributed by atoms with Crippen LogP contribution >= 0.6 is 22.6 Å². The number of carbonyl (C=O) groups excluding carboxylic acids is 1. The average molecular weight is 270 g/mol. The Morgan fingerprint density at radius 3 is 3.09 bits per heavy atom. The summed E-state index contributed by atoms with van der Waals surface area (Å²) in [4.78, 5) is 10.9. The highest BCUT2D eigenvalue weighted by Crippen LogP contribution is 2.43. The van der Waals surface area contributed by atoms with E-state index in [2.05, 4.69) is 22.6 Å². The van der Waals surface area contributed by atoms with Crippen LogP contribution in [0.2, 0.25) is 0 Å². The van der Waals surface area contributed by atoms with E-state index in [1.165, 1.54) is 0 Å². The van der Waals surface area contributed by atoms with E-state index in [9.17, 15) is 9.18 Å². The van der Waals surface area contributed by atoms with Crippen LogP contribution in [0, 0.1) is 0 Å². The van der Waals surface area contributed by atoms with E-state index in [0.717, 1.165) is 6.42 Å². The van der Waals surface area contributed by atoms with Crippen LogP contribution < -0.4 is 0 Å². The first kappa shape index (κ1) is 7.76. The maximum Gasteiger partial charge on any atom is 0.344 e. The smallest absolute Gasteiger partial charge is 0.344 e. The maximum atomic E-state index is 13.4. The SMILES string of the molecule is O=C1O[C@H]2CC1(F)CC[C@@H]2I. The van der Waals surface area contributed by atoms with Crippen molar-refractivity contribution < 1.29 is 13.9 Å². The second-order valence-corrected chi connectivity index (χ2v) is 4.77. The molecular weight excluding hydrogens is 262 g/mol. The fourth-order valence-corrected chi connectivity index (χ4v) is 2.36. The van der Waals surface area contributed by atoms with E-state index in [1.54, 1.807) is 0 Å². The number of carbonyl (C=O) groups is 1. The van der Waals surface area contributed by atoms with E-state index < -0.39 is 11.6 Å². The van der Waals surface area contributed by atoms with Crippen LogP contribution in [-0.2, 0) is 9.53 Å². The number of hydrogen-bond donors (Lipinski definition) is 0. The molecule has 0 N–H and O–H groups in total. The lowest BCUT2D eigenvalue weighted by Gasteiger charge is -2.23. The van der Waals surface area contributed by atoms with Crippen LogP contribution in [0.25, 0.3) is 0 Å². The Hall–Kier alpha value is 0.130. The molecular formula is C7H8FIO2. The maximum absolute atomic E-state index is 13.4. The van der Waals surface area contributed by atoms with Gasteiger partial charge in [-0.15, -0.1) is 0 Å². The Kier molecular flexibility index (Phi) is 1.63. The highest BCUT2D eigenvalue weighted by molar-refractivity contribution is 14.1. The van der Waals surface area contributed by atoms with Gasteiger partial charge in [0.1, 0.15) is 6.10 Å². The van der Waals surface area contributed by atoms with Crippen molar-refractivity contribution in [2.75, 3.05) is 0 Å². The highest BCUT2D eigenvalue weighted by Gasteiger charge is 2.54. The van der Waals surface area contributed by atoms with Crippen LogP contribution in [-0.4, -0.2) is 21.7 Å². The number of fused-ring (bicyclic) bond motifs is 2. The summed E-state index contributed by atoms with van der Waals surface area (Å²) in [7, 11) is 0. The molecule has 1 saturated heterocycles. The third-order valence-electron chi connectivity index (χ3n) is 2.37. The van der Waals surface area contributed by atoms with Crippen molar-refractivity contribution in [2.24, 2.45) is 0 Å². The molecule has 2 fully saturated rings. The number of esters is 1.